The highest BCUT2D eigenvalue weighted by Gasteiger charge is 2.42. The Balaban J connectivity index is 0.945. The van der Waals surface area contributed by atoms with Gasteiger partial charge >= 0.3 is 0 Å². The molecule has 0 saturated carbocycles. The van der Waals surface area contributed by atoms with Crippen molar-refractivity contribution < 1.29 is 0 Å². The lowest BCUT2D eigenvalue weighted by Crippen LogP contribution is -2.17. The summed E-state index contributed by atoms with van der Waals surface area (Å²) in [5.41, 5.74) is 19.7. The summed E-state index contributed by atoms with van der Waals surface area (Å²) in [5.74, 6) is 0.243. The maximum absolute atomic E-state index is 5.36. The van der Waals surface area contributed by atoms with Gasteiger partial charge in [-0.15, -0.1) is 0 Å². The third-order valence-corrected chi connectivity index (χ3v) is 14.1. The van der Waals surface area contributed by atoms with E-state index < -0.39 is 0 Å². The molecule has 0 bridgehead atoms. The van der Waals surface area contributed by atoms with Crippen LogP contribution in [0.4, 0.5) is 5.69 Å². The zero-order valence-electron chi connectivity index (χ0n) is 32.9. The second-order valence-electron chi connectivity index (χ2n) is 17.8. The van der Waals surface area contributed by atoms with Crippen LogP contribution in [0.25, 0.3) is 65.7 Å². The van der Waals surface area contributed by atoms with Crippen LogP contribution >= 0.6 is 0 Å². The Bertz CT molecular complexity index is 3140. The Morgan fingerprint density at radius 1 is 0.474 bits per heavy atom. The zero-order valence-corrected chi connectivity index (χ0v) is 32.9. The minimum Gasteiger partial charge on any atom is -0.252 e. The van der Waals surface area contributed by atoms with E-state index in [-0.39, 0.29) is 16.7 Å². The van der Waals surface area contributed by atoms with Crippen molar-refractivity contribution in [2.24, 2.45) is 4.99 Å². The lowest BCUT2D eigenvalue weighted by Gasteiger charge is -2.24. The molecule has 1 nitrogen and oxygen atoms in total. The van der Waals surface area contributed by atoms with E-state index in [0.29, 0.717) is 0 Å². The number of aryl methyl sites for hydroxylation is 1. The van der Waals surface area contributed by atoms with Gasteiger partial charge in [0.15, 0.2) is 0 Å². The SMILES string of the molecule is CC1(C)c2cc(-c3ccc(C4=Nc5ccccc5CCC4c4ccccc4)cc3)ccc2-c2cc3c(cc21)-c1c(cc2ccc4cccc5ccc1c2c45)C3(C)C. The number of hydrogen-bond acceptors (Lipinski definition) is 1. The molecule has 272 valence electrons. The first-order chi connectivity index (χ1) is 27.8. The third kappa shape index (κ3) is 4.60. The average molecular weight is 730 g/mol. The summed E-state index contributed by atoms with van der Waals surface area (Å²) in [6.45, 7) is 9.70. The van der Waals surface area contributed by atoms with Gasteiger partial charge in [0.05, 0.1) is 11.4 Å². The van der Waals surface area contributed by atoms with Crippen molar-refractivity contribution in [2.75, 3.05) is 0 Å². The summed E-state index contributed by atoms with van der Waals surface area (Å²) in [6.07, 6.45) is 2.06. The normalized spacial score (nSPS) is 17.2. The number of hydrogen-bond donors (Lipinski definition) is 0. The molecule has 1 unspecified atom stereocenters. The van der Waals surface area contributed by atoms with E-state index in [1.165, 1.54) is 105 Å². The van der Waals surface area contributed by atoms with Crippen LogP contribution in [0, 0.1) is 0 Å². The highest BCUT2D eigenvalue weighted by Crippen LogP contribution is 2.58. The fourth-order valence-electron chi connectivity index (χ4n) is 11.0. The van der Waals surface area contributed by atoms with Crippen LogP contribution in [0.15, 0.2) is 163 Å². The molecular formula is C56H43N. The molecule has 0 radical (unpaired) electrons. The van der Waals surface area contributed by atoms with Crippen LogP contribution in [0.1, 0.15) is 79.0 Å². The maximum Gasteiger partial charge on any atom is 0.0665 e. The van der Waals surface area contributed by atoms with Gasteiger partial charge in [-0.2, -0.15) is 0 Å². The summed E-state index contributed by atoms with van der Waals surface area (Å²) >= 11 is 0. The lowest BCUT2D eigenvalue weighted by molar-refractivity contribution is 0.652. The zero-order chi connectivity index (χ0) is 38.2. The van der Waals surface area contributed by atoms with Gasteiger partial charge in [-0.1, -0.05) is 155 Å². The highest BCUT2D eigenvalue weighted by molar-refractivity contribution is 6.26. The Hall–Kier alpha value is -6.31. The number of rotatable bonds is 3. The quantitative estimate of drug-likeness (QED) is 0.161. The lowest BCUT2D eigenvalue weighted by atomic mass is 9.79. The second-order valence-corrected chi connectivity index (χ2v) is 17.8. The Morgan fingerprint density at radius 3 is 1.95 bits per heavy atom. The summed E-state index contributed by atoms with van der Waals surface area (Å²) in [7, 11) is 0. The predicted molar refractivity (Wildman–Crippen MR) is 241 cm³/mol. The van der Waals surface area contributed by atoms with E-state index in [2.05, 4.69) is 185 Å². The molecule has 57 heavy (non-hydrogen) atoms. The van der Waals surface area contributed by atoms with Gasteiger partial charge in [0.1, 0.15) is 0 Å². The molecule has 0 saturated heterocycles. The maximum atomic E-state index is 5.36. The first-order valence-corrected chi connectivity index (χ1v) is 20.6. The van der Waals surface area contributed by atoms with Crippen LogP contribution in [0.3, 0.4) is 0 Å². The summed E-state index contributed by atoms with van der Waals surface area (Å²) < 4.78 is 0. The van der Waals surface area contributed by atoms with E-state index in [1.54, 1.807) is 0 Å². The van der Waals surface area contributed by atoms with Crippen LogP contribution in [0.2, 0.25) is 0 Å². The predicted octanol–water partition coefficient (Wildman–Crippen LogP) is 14.7. The minimum atomic E-state index is -0.141. The van der Waals surface area contributed by atoms with Crippen LogP contribution < -0.4 is 0 Å². The standard InChI is InChI=1S/C56H43N/c1-55(2)46-29-39(33-17-20-38(21-18-33)54-41(34-11-6-5-7-12-34)26-23-35-13-8-9-16-50(35)57-54)25-27-42(46)44-31-48-45(32-47(44)55)53-43-28-24-37-15-10-14-36-19-22-40(52(43)51(36)37)30-49(53)56(48,3)4/h5-22,24-25,27-32,41H,23,26H2,1-4H3. The van der Waals surface area contributed by atoms with Crippen molar-refractivity contribution >= 4 is 43.7 Å². The van der Waals surface area contributed by atoms with Crippen molar-refractivity contribution in [3.05, 3.63) is 197 Å². The number of aliphatic imine (C=N–C) groups is 1. The van der Waals surface area contributed by atoms with Gasteiger partial charge in [0.2, 0.25) is 0 Å². The molecule has 0 spiro atoms. The summed E-state index contributed by atoms with van der Waals surface area (Å²) in [4.78, 5) is 5.36. The summed E-state index contributed by atoms with van der Waals surface area (Å²) in [6, 6.07) is 59.7. The molecule has 0 amide bonds. The molecule has 1 heterocycles. The molecule has 1 aliphatic heterocycles. The molecule has 9 aromatic carbocycles. The van der Waals surface area contributed by atoms with Gasteiger partial charge in [-0.05, 0) is 148 Å². The van der Waals surface area contributed by atoms with Gasteiger partial charge < -0.3 is 0 Å². The largest absolute Gasteiger partial charge is 0.252 e. The second kappa shape index (κ2) is 11.6. The molecule has 1 atom stereocenters. The molecule has 0 N–H and O–H groups in total. The molecule has 0 fully saturated rings. The molecule has 12 rings (SSSR count). The van der Waals surface area contributed by atoms with E-state index in [9.17, 15) is 0 Å². The molecule has 1 heteroatoms. The van der Waals surface area contributed by atoms with E-state index >= 15 is 0 Å². The van der Waals surface area contributed by atoms with Crippen molar-refractivity contribution in [3.63, 3.8) is 0 Å². The van der Waals surface area contributed by atoms with Crippen molar-refractivity contribution in [3.8, 4) is 33.4 Å². The summed E-state index contributed by atoms with van der Waals surface area (Å²) in [5, 5.41) is 8.15. The van der Waals surface area contributed by atoms with E-state index in [0.717, 1.165) is 24.2 Å². The fourth-order valence-corrected chi connectivity index (χ4v) is 11.0. The fraction of sp³-hybridized carbons (Fsp3) is 0.161. The number of para-hydroxylation sites is 1. The number of benzene rings is 9. The average Bonchev–Trinajstić information content (AvgIpc) is 3.48. The monoisotopic (exact) mass is 729 g/mol. The molecule has 3 aliphatic rings. The number of nitrogens with zero attached hydrogens (tertiary/aromatic N) is 1. The van der Waals surface area contributed by atoms with Gasteiger partial charge in [0, 0.05) is 16.7 Å². The number of fused-ring (bicyclic) bond motifs is 8. The van der Waals surface area contributed by atoms with Crippen LogP contribution in [-0.4, -0.2) is 5.71 Å². The molecule has 9 aromatic rings. The first kappa shape index (κ1) is 32.9. The smallest absolute Gasteiger partial charge is 0.0665 e. The molecule has 2 aliphatic carbocycles. The Labute approximate surface area is 334 Å². The van der Waals surface area contributed by atoms with Crippen molar-refractivity contribution in [1.29, 1.82) is 0 Å². The van der Waals surface area contributed by atoms with E-state index in [1.807, 2.05) is 0 Å². The molecular weight excluding hydrogens is 687 g/mol. The van der Waals surface area contributed by atoms with Gasteiger partial charge in [0.25, 0.3) is 0 Å². The Morgan fingerprint density at radius 2 is 1.12 bits per heavy atom. The molecule has 0 aromatic heterocycles. The van der Waals surface area contributed by atoms with Gasteiger partial charge in [-0.3, -0.25) is 4.99 Å². The highest BCUT2D eigenvalue weighted by atomic mass is 14.8. The van der Waals surface area contributed by atoms with Crippen molar-refractivity contribution in [2.45, 2.75) is 57.3 Å². The van der Waals surface area contributed by atoms with Crippen LogP contribution in [0.5, 0.6) is 0 Å². The third-order valence-electron chi connectivity index (χ3n) is 14.1. The first-order valence-electron chi connectivity index (χ1n) is 20.6. The Kier molecular flexibility index (Phi) is 6.70. The van der Waals surface area contributed by atoms with Crippen molar-refractivity contribution in [1.82, 2.24) is 0 Å². The van der Waals surface area contributed by atoms with Crippen LogP contribution in [-0.2, 0) is 17.3 Å². The van der Waals surface area contributed by atoms with E-state index in [4.69, 9.17) is 4.99 Å². The topological polar surface area (TPSA) is 12.4 Å². The minimum absolute atomic E-state index is 0.109. The van der Waals surface area contributed by atoms with Gasteiger partial charge in [-0.25, -0.2) is 0 Å².